The summed E-state index contributed by atoms with van der Waals surface area (Å²) in [5.41, 5.74) is 1.13. The van der Waals surface area contributed by atoms with Gasteiger partial charge in [-0.25, -0.2) is 9.97 Å². The Hall–Kier alpha value is -2.18. The van der Waals surface area contributed by atoms with Crippen molar-refractivity contribution < 1.29 is 0 Å². The van der Waals surface area contributed by atoms with Crippen LogP contribution in [-0.4, -0.2) is 31.3 Å². The van der Waals surface area contributed by atoms with Crippen LogP contribution in [0.2, 0.25) is 0 Å². The molecule has 2 N–H and O–H groups in total. The summed E-state index contributed by atoms with van der Waals surface area (Å²) in [4.78, 5) is 8.71. The van der Waals surface area contributed by atoms with E-state index in [1.807, 2.05) is 4.57 Å². The molecule has 0 aliphatic rings. The fraction of sp³-hybridized carbons (Fsp3) is 0.571. The van der Waals surface area contributed by atoms with Crippen LogP contribution in [-0.2, 0) is 19.5 Å². The Kier molecular flexibility index (Phi) is 5.48. The van der Waals surface area contributed by atoms with Crippen molar-refractivity contribution >= 4 is 11.6 Å². The van der Waals surface area contributed by atoms with Gasteiger partial charge in [0.25, 0.3) is 0 Å². The minimum atomic E-state index is 0.604. The van der Waals surface area contributed by atoms with E-state index in [1.54, 1.807) is 12.7 Å². The minimum Gasteiger partial charge on any atom is -0.370 e. The van der Waals surface area contributed by atoms with Crippen molar-refractivity contribution in [3.8, 4) is 0 Å². The lowest BCUT2D eigenvalue weighted by Gasteiger charge is -2.14. The summed E-state index contributed by atoms with van der Waals surface area (Å²) in [6.07, 6.45) is 5.32. The molecule has 2 aromatic heterocycles. The number of nitrogens with zero attached hydrogens (tertiary/aromatic N) is 5. The van der Waals surface area contributed by atoms with Gasteiger partial charge in [0, 0.05) is 18.7 Å². The predicted octanol–water partition coefficient (Wildman–Crippen LogP) is 2.08. The lowest BCUT2D eigenvalue weighted by atomic mass is 10.1. The fourth-order valence-electron chi connectivity index (χ4n) is 2.21. The van der Waals surface area contributed by atoms with Crippen LogP contribution in [0.5, 0.6) is 0 Å². The van der Waals surface area contributed by atoms with E-state index in [9.17, 15) is 0 Å². The van der Waals surface area contributed by atoms with E-state index >= 15 is 0 Å². The zero-order valence-electron chi connectivity index (χ0n) is 12.9. The molecule has 0 aromatic carbocycles. The first-order valence-electron chi connectivity index (χ1n) is 7.48. The standard InChI is InChI=1S/C14H23N7/c1-4-7-11-13(15-5-2)17-9-18-14(11)16-8-12-20-19-10-21(12)6-3/h9-10H,4-8H2,1-3H3,(H2,15,16,17,18). The van der Waals surface area contributed by atoms with Crippen LogP contribution in [0.3, 0.4) is 0 Å². The van der Waals surface area contributed by atoms with Gasteiger partial charge in [-0.3, -0.25) is 0 Å². The molecule has 0 saturated heterocycles. The van der Waals surface area contributed by atoms with Crippen molar-refractivity contribution in [1.82, 2.24) is 24.7 Å². The van der Waals surface area contributed by atoms with Gasteiger partial charge in [0.15, 0.2) is 5.82 Å². The van der Waals surface area contributed by atoms with Crippen LogP contribution in [0.1, 0.15) is 38.6 Å². The Morgan fingerprint density at radius 2 is 1.86 bits per heavy atom. The van der Waals surface area contributed by atoms with E-state index in [1.165, 1.54) is 0 Å². The van der Waals surface area contributed by atoms with Gasteiger partial charge in [-0.1, -0.05) is 13.3 Å². The predicted molar refractivity (Wildman–Crippen MR) is 83.2 cm³/mol. The van der Waals surface area contributed by atoms with Crippen LogP contribution in [0, 0.1) is 0 Å². The number of aromatic nitrogens is 5. The molecule has 2 aromatic rings. The quantitative estimate of drug-likeness (QED) is 0.774. The van der Waals surface area contributed by atoms with Crippen LogP contribution < -0.4 is 10.6 Å². The molecule has 0 radical (unpaired) electrons. The van der Waals surface area contributed by atoms with Gasteiger partial charge < -0.3 is 15.2 Å². The van der Waals surface area contributed by atoms with Gasteiger partial charge in [-0.05, 0) is 20.3 Å². The average Bonchev–Trinajstić information content (AvgIpc) is 2.95. The second-order valence-electron chi connectivity index (χ2n) is 4.72. The maximum atomic E-state index is 4.38. The fourth-order valence-corrected chi connectivity index (χ4v) is 2.21. The van der Waals surface area contributed by atoms with Gasteiger partial charge in [0.2, 0.25) is 0 Å². The summed E-state index contributed by atoms with van der Waals surface area (Å²) in [6.45, 7) is 8.60. The molecule has 7 heteroatoms. The molecule has 7 nitrogen and oxygen atoms in total. The van der Waals surface area contributed by atoms with Gasteiger partial charge in [0.05, 0.1) is 6.54 Å². The van der Waals surface area contributed by atoms with E-state index in [0.29, 0.717) is 6.54 Å². The molecule has 2 rings (SSSR count). The molecule has 0 unspecified atom stereocenters. The van der Waals surface area contributed by atoms with E-state index in [2.05, 4.69) is 51.6 Å². The van der Waals surface area contributed by atoms with E-state index in [0.717, 1.165) is 49.0 Å². The molecular formula is C14H23N7. The third kappa shape index (κ3) is 3.68. The highest BCUT2D eigenvalue weighted by Crippen LogP contribution is 2.21. The third-order valence-electron chi connectivity index (χ3n) is 3.24. The average molecular weight is 289 g/mol. The van der Waals surface area contributed by atoms with E-state index in [-0.39, 0.29) is 0 Å². The van der Waals surface area contributed by atoms with Gasteiger partial charge >= 0.3 is 0 Å². The van der Waals surface area contributed by atoms with Gasteiger partial charge in [-0.2, -0.15) is 0 Å². The molecular weight excluding hydrogens is 266 g/mol. The molecule has 0 aliphatic carbocycles. The monoisotopic (exact) mass is 289 g/mol. The molecule has 0 atom stereocenters. The number of rotatable bonds is 8. The Labute approximate surface area is 125 Å². The largest absolute Gasteiger partial charge is 0.370 e. The maximum Gasteiger partial charge on any atom is 0.152 e. The topological polar surface area (TPSA) is 80.6 Å². The lowest BCUT2D eigenvalue weighted by molar-refractivity contribution is 0.706. The Balaban J connectivity index is 2.16. The molecule has 0 fully saturated rings. The number of anilines is 2. The molecule has 2 heterocycles. The van der Waals surface area contributed by atoms with Crippen LogP contribution >= 0.6 is 0 Å². The van der Waals surface area contributed by atoms with Crippen molar-refractivity contribution in [3.63, 3.8) is 0 Å². The number of hydrogen-bond acceptors (Lipinski definition) is 6. The Morgan fingerprint density at radius 1 is 1.10 bits per heavy atom. The van der Waals surface area contributed by atoms with Crippen molar-refractivity contribution in [1.29, 1.82) is 0 Å². The minimum absolute atomic E-state index is 0.604. The summed E-state index contributed by atoms with van der Waals surface area (Å²) in [6, 6.07) is 0. The van der Waals surface area contributed by atoms with Crippen LogP contribution in [0.4, 0.5) is 11.6 Å². The highest BCUT2D eigenvalue weighted by Gasteiger charge is 2.11. The van der Waals surface area contributed by atoms with Crippen molar-refractivity contribution in [2.75, 3.05) is 17.2 Å². The SMILES string of the molecule is CCCc1c(NCC)ncnc1NCc1nncn1CC. The van der Waals surface area contributed by atoms with E-state index in [4.69, 9.17) is 0 Å². The molecule has 0 bridgehead atoms. The third-order valence-corrected chi connectivity index (χ3v) is 3.24. The number of hydrogen-bond donors (Lipinski definition) is 2. The molecule has 114 valence electrons. The first-order valence-corrected chi connectivity index (χ1v) is 7.48. The zero-order chi connectivity index (χ0) is 15.1. The summed E-state index contributed by atoms with van der Waals surface area (Å²) < 4.78 is 2.01. The molecule has 0 amide bonds. The summed E-state index contributed by atoms with van der Waals surface area (Å²) in [5.74, 6) is 2.69. The first-order chi connectivity index (χ1) is 10.3. The molecule has 0 spiro atoms. The van der Waals surface area contributed by atoms with Crippen molar-refractivity contribution in [2.24, 2.45) is 0 Å². The second-order valence-corrected chi connectivity index (χ2v) is 4.72. The first kappa shape index (κ1) is 15.2. The number of aryl methyl sites for hydroxylation is 1. The summed E-state index contributed by atoms with van der Waals surface area (Å²) in [5, 5.41) is 14.7. The van der Waals surface area contributed by atoms with Gasteiger partial charge in [-0.15, -0.1) is 10.2 Å². The summed E-state index contributed by atoms with van der Waals surface area (Å²) >= 11 is 0. The smallest absolute Gasteiger partial charge is 0.152 e. The highest BCUT2D eigenvalue weighted by molar-refractivity contribution is 5.57. The van der Waals surface area contributed by atoms with Crippen molar-refractivity contribution in [3.05, 3.63) is 24.0 Å². The molecule has 0 saturated carbocycles. The molecule has 0 aliphatic heterocycles. The highest BCUT2D eigenvalue weighted by atomic mass is 15.3. The van der Waals surface area contributed by atoms with Gasteiger partial charge in [0.1, 0.15) is 24.3 Å². The normalized spacial score (nSPS) is 10.6. The Morgan fingerprint density at radius 3 is 2.52 bits per heavy atom. The lowest BCUT2D eigenvalue weighted by Crippen LogP contribution is -2.12. The molecule has 21 heavy (non-hydrogen) atoms. The van der Waals surface area contributed by atoms with Crippen molar-refractivity contribution in [2.45, 2.75) is 46.7 Å². The number of nitrogens with one attached hydrogen (secondary N) is 2. The maximum absolute atomic E-state index is 4.38. The Bertz CT molecular complexity index is 564. The van der Waals surface area contributed by atoms with Crippen LogP contribution in [0.25, 0.3) is 0 Å². The second kappa shape index (κ2) is 7.56. The zero-order valence-corrected chi connectivity index (χ0v) is 12.9. The van der Waals surface area contributed by atoms with Crippen LogP contribution in [0.15, 0.2) is 12.7 Å². The van der Waals surface area contributed by atoms with E-state index < -0.39 is 0 Å². The summed E-state index contributed by atoms with van der Waals surface area (Å²) in [7, 11) is 0.